The van der Waals surface area contributed by atoms with E-state index in [2.05, 4.69) is 30.9 Å². The van der Waals surface area contributed by atoms with Crippen molar-refractivity contribution < 1.29 is 42.5 Å². The number of amides is 3. The second-order valence-electron chi connectivity index (χ2n) is 9.57. The van der Waals surface area contributed by atoms with E-state index in [9.17, 15) is 37.8 Å². The highest BCUT2D eigenvalue weighted by molar-refractivity contribution is 6.02. The summed E-state index contributed by atoms with van der Waals surface area (Å²) in [4.78, 5) is 37.4. The number of carboxylic acids is 1. The number of halogens is 3. The molecule has 2 aromatic heterocycles. The molecule has 2 heterocycles. The monoisotopic (exact) mass is 620 g/mol. The number of carboxylic acid groups (broad SMARTS) is 1. The maximum absolute atomic E-state index is 13.1. The first-order valence-electron chi connectivity index (χ1n) is 13.2. The van der Waals surface area contributed by atoms with Crippen LogP contribution >= 0.6 is 0 Å². The number of carbonyl (C=O) groups is 3. The molecular weight excluding hydrogens is 597 g/mol. The number of nitrogens with one attached hydrogen (secondary N) is 3. The maximum atomic E-state index is 13.1. The number of alkyl halides is 3. The Balaban J connectivity index is 1.28. The number of benzene rings is 3. The molecule has 3 aromatic carbocycles. The van der Waals surface area contributed by atoms with E-state index in [0.717, 1.165) is 6.07 Å². The quantitative estimate of drug-likeness (QED) is 0.152. The lowest BCUT2D eigenvalue weighted by Gasteiger charge is -2.15. The molecule has 5 N–H and O–H groups in total. The van der Waals surface area contributed by atoms with Crippen LogP contribution in [0.1, 0.15) is 15.9 Å². The number of hydrogen-bond donors (Lipinski definition) is 5. The Morgan fingerprint density at radius 1 is 0.889 bits per heavy atom. The summed E-state index contributed by atoms with van der Waals surface area (Å²) in [6.07, 6.45) is -3.34. The zero-order valence-corrected chi connectivity index (χ0v) is 22.9. The Labute approximate surface area is 252 Å². The summed E-state index contributed by atoms with van der Waals surface area (Å²) in [5, 5.41) is 34.8. The van der Waals surface area contributed by atoms with Gasteiger partial charge in [-0.05, 0) is 66.2 Å². The Morgan fingerprint density at radius 3 is 2.29 bits per heavy atom. The standard InChI is InChI=1S/C30H23F3N6O6/c31-30(32,33)45-24-6-2-1-5-22(24)36-29(44)34-19-11-9-18(10-12-19)25-37-38-26-21(4-3-15-39(25)26)27(41)35-23(28(42)43)16-17-7-13-20(40)14-8-17/h1-15,23,40H,16H2,(H,35,41)(H,42,43)(H2,34,36,44)/t23-/m0/s1. The number of anilines is 2. The van der Waals surface area contributed by atoms with Crippen molar-refractivity contribution in [1.82, 2.24) is 19.9 Å². The molecule has 12 nitrogen and oxygen atoms in total. The Hall–Kier alpha value is -6.12. The lowest BCUT2D eigenvalue weighted by Crippen LogP contribution is -2.42. The molecule has 0 unspecified atom stereocenters. The zero-order chi connectivity index (χ0) is 32.1. The number of carbonyl (C=O) groups excluding carboxylic acids is 2. The molecule has 0 bridgehead atoms. The molecule has 3 amide bonds. The number of urea groups is 1. The third-order valence-corrected chi connectivity index (χ3v) is 6.42. The van der Waals surface area contributed by atoms with Gasteiger partial charge in [-0.15, -0.1) is 23.4 Å². The number of phenolic OH excluding ortho intramolecular Hbond substituents is 1. The number of para-hydroxylation sites is 2. The fourth-order valence-corrected chi connectivity index (χ4v) is 4.36. The first-order chi connectivity index (χ1) is 21.5. The summed E-state index contributed by atoms with van der Waals surface area (Å²) < 4.78 is 43.5. The predicted molar refractivity (Wildman–Crippen MR) is 155 cm³/mol. The van der Waals surface area contributed by atoms with Gasteiger partial charge in [-0.3, -0.25) is 9.20 Å². The number of phenols is 1. The van der Waals surface area contributed by atoms with E-state index in [1.165, 1.54) is 52.9 Å². The first-order valence-corrected chi connectivity index (χ1v) is 13.2. The molecule has 0 spiro atoms. The van der Waals surface area contributed by atoms with Gasteiger partial charge in [-0.25, -0.2) is 9.59 Å². The number of nitrogens with zero attached hydrogens (tertiary/aromatic N) is 3. The van der Waals surface area contributed by atoms with Crippen molar-refractivity contribution in [2.24, 2.45) is 0 Å². The van der Waals surface area contributed by atoms with Gasteiger partial charge in [0.25, 0.3) is 5.91 Å². The fraction of sp³-hybridized carbons (Fsp3) is 0.100. The lowest BCUT2D eigenvalue weighted by molar-refractivity contribution is -0.274. The van der Waals surface area contributed by atoms with Crippen molar-refractivity contribution in [3.8, 4) is 22.9 Å². The average Bonchev–Trinajstić information content (AvgIpc) is 3.43. The van der Waals surface area contributed by atoms with Gasteiger partial charge in [-0.2, -0.15) is 0 Å². The van der Waals surface area contributed by atoms with Crippen molar-refractivity contribution in [2.45, 2.75) is 18.8 Å². The molecule has 0 saturated heterocycles. The third-order valence-electron chi connectivity index (χ3n) is 6.42. The van der Waals surface area contributed by atoms with Crippen LogP contribution in [0.4, 0.5) is 29.3 Å². The molecule has 5 rings (SSSR count). The van der Waals surface area contributed by atoms with Gasteiger partial charge in [0.15, 0.2) is 17.2 Å². The number of aliphatic carboxylic acids is 1. The largest absolute Gasteiger partial charge is 0.573 e. The fourth-order valence-electron chi connectivity index (χ4n) is 4.36. The molecule has 0 fully saturated rings. The van der Waals surface area contributed by atoms with Gasteiger partial charge in [0, 0.05) is 23.9 Å². The van der Waals surface area contributed by atoms with E-state index in [0.29, 0.717) is 22.6 Å². The van der Waals surface area contributed by atoms with Gasteiger partial charge in [0.1, 0.15) is 11.8 Å². The second kappa shape index (κ2) is 12.6. The van der Waals surface area contributed by atoms with Crippen molar-refractivity contribution >= 4 is 34.9 Å². The molecule has 0 radical (unpaired) electrons. The van der Waals surface area contributed by atoms with Gasteiger partial charge >= 0.3 is 18.4 Å². The molecule has 230 valence electrons. The van der Waals surface area contributed by atoms with Crippen LogP contribution in [0, 0.1) is 0 Å². The molecule has 1 atom stereocenters. The number of aromatic hydroxyl groups is 1. The third kappa shape index (κ3) is 7.45. The minimum Gasteiger partial charge on any atom is -0.508 e. The van der Waals surface area contributed by atoms with Crippen molar-refractivity contribution in [1.29, 1.82) is 0 Å². The number of hydrogen-bond acceptors (Lipinski definition) is 7. The lowest BCUT2D eigenvalue weighted by atomic mass is 10.1. The van der Waals surface area contributed by atoms with Crippen LogP contribution in [0.25, 0.3) is 17.0 Å². The van der Waals surface area contributed by atoms with Crippen molar-refractivity contribution in [2.75, 3.05) is 10.6 Å². The second-order valence-corrected chi connectivity index (χ2v) is 9.57. The Kier molecular flexibility index (Phi) is 8.51. The summed E-state index contributed by atoms with van der Waals surface area (Å²) in [5.41, 5.74) is 1.52. The zero-order valence-electron chi connectivity index (χ0n) is 22.9. The van der Waals surface area contributed by atoms with Crippen LogP contribution in [0.15, 0.2) is 91.1 Å². The minimum absolute atomic E-state index is 0.0192. The van der Waals surface area contributed by atoms with Gasteiger partial charge < -0.3 is 30.9 Å². The number of aromatic nitrogens is 3. The van der Waals surface area contributed by atoms with Crippen molar-refractivity contribution in [3.05, 3.63) is 102 Å². The van der Waals surface area contributed by atoms with E-state index in [-0.39, 0.29) is 29.1 Å². The van der Waals surface area contributed by atoms with E-state index >= 15 is 0 Å². The highest BCUT2D eigenvalue weighted by atomic mass is 19.4. The summed E-state index contributed by atoms with van der Waals surface area (Å²) in [7, 11) is 0. The van der Waals surface area contributed by atoms with Crippen LogP contribution in [0.2, 0.25) is 0 Å². The van der Waals surface area contributed by atoms with Gasteiger partial charge in [-0.1, -0.05) is 24.3 Å². The highest BCUT2D eigenvalue weighted by Crippen LogP contribution is 2.30. The van der Waals surface area contributed by atoms with E-state index in [1.54, 1.807) is 36.5 Å². The average molecular weight is 621 g/mol. The topological polar surface area (TPSA) is 167 Å². The number of ether oxygens (including phenoxy) is 1. The minimum atomic E-state index is -4.93. The molecule has 0 aliphatic rings. The SMILES string of the molecule is O=C(Nc1ccc(-c2nnc3c(C(=O)N[C@@H](Cc4ccc(O)cc4)C(=O)O)cccn23)cc1)Nc1ccccc1OC(F)(F)F. The molecule has 15 heteroatoms. The smallest absolute Gasteiger partial charge is 0.508 e. The summed E-state index contributed by atoms with van der Waals surface area (Å²) >= 11 is 0. The van der Waals surface area contributed by atoms with Gasteiger partial charge in [0.05, 0.1) is 11.3 Å². The highest BCUT2D eigenvalue weighted by Gasteiger charge is 2.32. The number of pyridine rings is 1. The van der Waals surface area contributed by atoms with Crippen LogP contribution < -0.4 is 20.7 Å². The van der Waals surface area contributed by atoms with E-state index in [1.807, 2.05) is 0 Å². The van der Waals surface area contributed by atoms with Crippen LogP contribution in [-0.2, 0) is 11.2 Å². The molecule has 0 aliphatic heterocycles. The van der Waals surface area contributed by atoms with Crippen LogP contribution in [0.3, 0.4) is 0 Å². The molecule has 0 aliphatic carbocycles. The first kappa shape index (κ1) is 30.3. The van der Waals surface area contributed by atoms with Gasteiger partial charge in [0.2, 0.25) is 0 Å². The van der Waals surface area contributed by atoms with E-state index in [4.69, 9.17) is 0 Å². The maximum Gasteiger partial charge on any atom is 0.573 e. The van der Waals surface area contributed by atoms with Crippen LogP contribution in [0.5, 0.6) is 11.5 Å². The van der Waals surface area contributed by atoms with Crippen LogP contribution in [-0.4, -0.2) is 55.1 Å². The summed E-state index contributed by atoms with van der Waals surface area (Å²) in [6, 6.07) is 18.3. The number of fused-ring (bicyclic) bond motifs is 1. The molecule has 45 heavy (non-hydrogen) atoms. The Morgan fingerprint density at radius 2 is 1.60 bits per heavy atom. The molecule has 0 saturated carbocycles. The normalized spacial score (nSPS) is 11.9. The summed E-state index contributed by atoms with van der Waals surface area (Å²) in [6.45, 7) is 0. The van der Waals surface area contributed by atoms with E-state index < -0.39 is 36.1 Å². The number of rotatable bonds is 9. The predicted octanol–water partition coefficient (Wildman–Crippen LogP) is 5.07. The Bertz CT molecular complexity index is 1860. The van der Waals surface area contributed by atoms with Crippen molar-refractivity contribution in [3.63, 3.8) is 0 Å². The summed E-state index contributed by atoms with van der Waals surface area (Å²) in [5.74, 6) is -2.13. The molecule has 5 aromatic rings. The molecular formula is C30H23F3N6O6.